The first kappa shape index (κ1) is 16.1. The van der Waals surface area contributed by atoms with Crippen LogP contribution in [0.3, 0.4) is 0 Å². The number of anilines is 1. The van der Waals surface area contributed by atoms with Crippen LogP contribution in [0, 0.1) is 5.92 Å². The Morgan fingerprint density at radius 3 is 2.76 bits per heavy atom. The van der Waals surface area contributed by atoms with Gasteiger partial charge in [-0.15, -0.1) is 0 Å². The van der Waals surface area contributed by atoms with Crippen molar-refractivity contribution in [1.82, 2.24) is 24.2 Å². The standard InChI is InChI=1S/C19H26N6/c1-23-12-6-7-14(18(23)17-10-11-21-25(17)3)13-20-19-22-15-8-4-5-9-16(15)24(19)2/h4-5,8-11,14,18H,6-7,12-13H2,1-3H3,(H,20,22)/t14-,18+/m0/s1. The Bertz CT molecular complexity index is 864. The van der Waals surface area contributed by atoms with Crippen LogP contribution in [0.15, 0.2) is 36.5 Å². The lowest BCUT2D eigenvalue weighted by atomic mass is 9.87. The molecule has 0 radical (unpaired) electrons. The van der Waals surface area contributed by atoms with Gasteiger partial charge in [-0.25, -0.2) is 4.98 Å². The maximum absolute atomic E-state index is 4.74. The predicted octanol–water partition coefficient (Wildman–Crippen LogP) is 2.80. The van der Waals surface area contributed by atoms with Crippen LogP contribution in [-0.2, 0) is 14.1 Å². The minimum atomic E-state index is 0.392. The molecule has 1 fully saturated rings. The highest BCUT2D eigenvalue weighted by molar-refractivity contribution is 5.78. The Morgan fingerprint density at radius 2 is 2.00 bits per heavy atom. The number of aryl methyl sites for hydroxylation is 2. The number of nitrogens with one attached hydrogen (secondary N) is 1. The van der Waals surface area contributed by atoms with Gasteiger partial charge in [-0.1, -0.05) is 12.1 Å². The summed E-state index contributed by atoms with van der Waals surface area (Å²) in [5.74, 6) is 1.48. The van der Waals surface area contributed by atoms with Crippen molar-refractivity contribution in [3.05, 3.63) is 42.2 Å². The van der Waals surface area contributed by atoms with E-state index in [4.69, 9.17) is 4.98 Å². The van der Waals surface area contributed by atoms with E-state index in [1.807, 2.05) is 24.0 Å². The number of piperidine rings is 1. The maximum Gasteiger partial charge on any atom is 0.203 e. The van der Waals surface area contributed by atoms with Crippen molar-refractivity contribution < 1.29 is 0 Å². The number of benzene rings is 1. The molecule has 6 heteroatoms. The molecule has 0 bridgehead atoms. The van der Waals surface area contributed by atoms with Gasteiger partial charge in [-0.2, -0.15) is 5.10 Å². The van der Waals surface area contributed by atoms with Crippen LogP contribution in [-0.4, -0.2) is 44.4 Å². The van der Waals surface area contributed by atoms with Gasteiger partial charge in [-0.05, 0) is 50.6 Å². The highest BCUT2D eigenvalue weighted by Crippen LogP contribution is 2.35. The summed E-state index contributed by atoms with van der Waals surface area (Å²) in [5, 5.41) is 7.97. The van der Waals surface area contributed by atoms with E-state index in [9.17, 15) is 0 Å². The van der Waals surface area contributed by atoms with Crippen LogP contribution in [0.2, 0.25) is 0 Å². The summed E-state index contributed by atoms with van der Waals surface area (Å²) < 4.78 is 4.15. The Hall–Kier alpha value is -2.34. The summed E-state index contributed by atoms with van der Waals surface area (Å²) in [6, 6.07) is 10.8. The summed E-state index contributed by atoms with van der Waals surface area (Å²) in [4.78, 5) is 7.20. The molecule has 0 aliphatic carbocycles. The fourth-order valence-electron chi connectivity index (χ4n) is 4.14. The summed E-state index contributed by atoms with van der Waals surface area (Å²) in [6.45, 7) is 2.05. The Labute approximate surface area is 148 Å². The van der Waals surface area contributed by atoms with Gasteiger partial charge in [0.1, 0.15) is 0 Å². The third-order valence-corrected chi connectivity index (χ3v) is 5.48. The van der Waals surface area contributed by atoms with Crippen molar-refractivity contribution in [2.75, 3.05) is 25.5 Å². The molecule has 0 saturated carbocycles. The molecular weight excluding hydrogens is 312 g/mol. The molecule has 1 N–H and O–H groups in total. The number of fused-ring (bicyclic) bond motifs is 1. The molecule has 25 heavy (non-hydrogen) atoms. The molecule has 0 spiro atoms. The number of hydrogen-bond donors (Lipinski definition) is 1. The van der Waals surface area contributed by atoms with Crippen LogP contribution < -0.4 is 5.32 Å². The monoisotopic (exact) mass is 338 g/mol. The molecular formula is C19H26N6. The van der Waals surface area contributed by atoms with Crippen molar-refractivity contribution in [2.24, 2.45) is 20.0 Å². The zero-order valence-corrected chi connectivity index (χ0v) is 15.2. The average molecular weight is 338 g/mol. The third kappa shape index (κ3) is 2.91. The van der Waals surface area contributed by atoms with Crippen molar-refractivity contribution in [2.45, 2.75) is 18.9 Å². The summed E-state index contributed by atoms with van der Waals surface area (Å²) >= 11 is 0. The second kappa shape index (κ2) is 6.52. The normalized spacial score (nSPS) is 21.7. The van der Waals surface area contributed by atoms with E-state index >= 15 is 0 Å². The highest BCUT2D eigenvalue weighted by atomic mass is 15.3. The van der Waals surface area contributed by atoms with Crippen molar-refractivity contribution in [3.63, 3.8) is 0 Å². The van der Waals surface area contributed by atoms with E-state index < -0.39 is 0 Å². The van der Waals surface area contributed by atoms with Gasteiger partial charge < -0.3 is 9.88 Å². The molecule has 0 unspecified atom stereocenters. The van der Waals surface area contributed by atoms with Crippen molar-refractivity contribution in [3.8, 4) is 0 Å². The van der Waals surface area contributed by atoms with Crippen LogP contribution in [0.1, 0.15) is 24.6 Å². The number of hydrogen-bond acceptors (Lipinski definition) is 4. The maximum atomic E-state index is 4.74. The smallest absolute Gasteiger partial charge is 0.203 e. The Morgan fingerprint density at radius 1 is 1.16 bits per heavy atom. The molecule has 2 aromatic heterocycles. The van der Waals surface area contributed by atoms with Crippen LogP contribution >= 0.6 is 0 Å². The van der Waals surface area contributed by atoms with E-state index in [1.165, 1.54) is 18.5 Å². The number of nitrogens with zero attached hydrogens (tertiary/aromatic N) is 5. The molecule has 1 aromatic carbocycles. The molecule has 1 aliphatic heterocycles. The van der Waals surface area contributed by atoms with Gasteiger partial charge >= 0.3 is 0 Å². The van der Waals surface area contributed by atoms with Crippen LogP contribution in [0.25, 0.3) is 11.0 Å². The van der Waals surface area contributed by atoms with Gasteiger partial charge in [0.05, 0.1) is 22.8 Å². The third-order valence-electron chi connectivity index (χ3n) is 5.48. The minimum absolute atomic E-state index is 0.392. The molecule has 0 amide bonds. The summed E-state index contributed by atoms with van der Waals surface area (Å²) in [5.41, 5.74) is 3.49. The fraction of sp³-hybridized carbons (Fsp3) is 0.474. The van der Waals surface area contributed by atoms with Gasteiger partial charge in [0.15, 0.2) is 0 Å². The number of para-hydroxylation sites is 2. The van der Waals surface area contributed by atoms with Crippen molar-refractivity contribution in [1.29, 1.82) is 0 Å². The lowest BCUT2D eigenvalue weighted by molar-refractivity contribution is 0.121. The molecule has 2 atom stereocenters. The predicted molar refractivity (Wildman–Crippen MR) is 101 cm³/mol. The zero-order chi connectivity index (χ0) is 17.4. The number of likely N-dealkylation sites (tertiary alicyclic amines) is 1. The number of rotatable bonds is 4. The summed E-state index contributed by atoms with van der Waals surface area (Å²) in [6.07, 6.45) is 4.35. The van der Waals surface area contributed by atoms with E-state index in [-0.39, 0.29) is 0 Å². The molecule has 4 rings (SSSR count). The molecule has 3 heterocycles. The van der Waals surface area contributed by atoms with E-state index in [1.54, 1.807) is 0 Å². The Balaban J connectivity index is 1.55. The number of aromatic nitrogens is 4. The second-order valence-electron chi connectivity index (χ2n) is 7.07. The van der Waals surface area contributed by atoms with Crippen LogP contribution in [0.4, 0.5) is 5.95 Å². The minimum Gasteiger partial charge on any atom is -0.355 e. The van der Waals surface area contributed by atoms with Gasteiger partial charge in [0.25, 0.3) is 0 Å². The first-order valence-electron chi connectivity index (χ1n) is 8.98. The zero-order valence-electron chi connectivity index (χ0n) is 15.2. The molecule has 1 aliphatic rings. The number of imidazole rings is 1. The molecule has 3 aromatic rings. The van der Waals surface area contributed by atoms with Gasteiger partial charge in [0.2, 0.25) is 5.95 Å². The average Bonchev–Trinajstić information content (AvgIpc) is 3.17. The van der Waals surface area contributed by atoms with Gasteiger partial charge in [0, 0.05) is 26.8 Å². The Kier molecular flexibility index (Phi) is 4.21. The van der Waals surface area contributed by atoms with E-state index in [0.717, 1.165) is 30.1 Å². The van der Waals surface area contributed by atoms with Crippen molar-refractivity contribution >= 4 is 17.0 Å². The summed E-state index contributed by atoms with van der Waals surface area (Å²) in [7, 11) is 6.33. The van der Waals surface area contributed by atoms with Gasteiger partial charge in [-0.3, -0.25) is 9.58 Å². The van der Waals surface area contributed by atoms with Crippen LogP contribution in [0.5, 0.6) is 0 Å². The lowest BCUT2D eigenvalue weighted by Gasteiger charge is -2.39. The second-order valence-corrected chi connectivity index (χ2v) is 7.07. The quantitative estimate of drug-likeness (QED) is 0.795. The molecule has 132 valence electrons. The largest absolute Gasteiger partial charge is 0.355 e. The van der Waals surface area contributed by atoms with E-state index in [0.29, 0.717) is 12.0 Å². The first-order chi connectivity index (χ1) is 12.1. The fourth-order valence-corrected chi connectivity index (χ4v) is 4.14. The highest BCUT2D eigenvalue weighted by Gasteiger charge is 2.32. The SMILES string of the molecule is CN1CCC[C@@H](CNc2nc3ccccc3n2C)[C@@H]1c1ccnn1C. The van der Waals surface area contributed by atoms with E-state index in [2.05, 4.69) is 58.2 Å². The topological polar surface area (TPSA) is 50.9 Å². The molecule has 1 saturated heterocycles. The molecule has 6 nitrogen and oxygen atoms in total. The first-order valence-corrected chi connectivity index (χ1v) is 8.98. The lowest BCUT2D eigenvalue weighted by Crippen LogP contribution is -2.40.